The van der Waals surface area contributed by atoms with Crippen LogP contribution < -0.4 is 15.5 Å². The van der Waals surface area contributed by atoms with Crippen molar-refractivity contribution in [3.8, 4) is 17.1 Å². The summed E-state index contributed by atoms with van der Waals surface area (Å²) in [5.74, 6) is 1.90. The van der Waals surface area contributed by atoms with E-state index in [9.17, 15) is 4.79 Å². The fourth-order valence-corrected chi connectivity index (χ4v) is 4.53. The third-order valence-corrected chi connectivity index (χ3v) is 6.18. The molecule has 0 fully saturated rings. The Labute approximate surface area is 186 Å². The number of aromatic nitrogens is 3. The van der Waals surface area contributed by atoms with Gasteiger partial charge >= 0.3 is 0 Å². The molecule has 4 rings (SSSR count). The minimum absolute atomic E-state index is 0.0133. The zero-order valence-electron chi connectivity index (χ0n) is 17.9. The van der Waals surface area contributed by atoms with E-state index in [1.165, 1.54) is 11.8 Å². The second-order valence-electron chi connectivity index (χ2n) is 7.79. The SMILES string of the molecule is CCOc1ccc([C@H]2Nn3c(nnc3-c3ccccc3)S[C@H]2C(=O)NCC(C)C)cc1. The summed E-state index contributed by atoms with van der Waals surface area (Å²) >= 11 is 1.43. The molecule has 0 saturated heterocycles. The van der Waals surface area contributed by atoms with Crippen molar-refractivity contribution in [1.29, 1.82) is 0 Å². The average molecular weight is 438 g/mol. The van der Waals surface area contributed by atoms with Gasteiger partial charge in [0.15, 0.2) is 5.82 Å². The lowest BCUT2D eigenvalue weighted by Gasteiger charge is -2.33. The molecule has 0 spiro atoms. The van der Waals surface area contributed by atoms with Gasteiger partial charge in [0.1, 0.15) is 11.0 Å². The van der Waals surface area contributed by atoms with Gasteiger partial charge in [-0.1, -0.05) is 68.1 Å². The maximum Gasteiger partial charge on any atom is 0.236 e. The number of nitrogens with zero attached hydrogens (tertiary/aromatic N) is 3. The monoisotopic (exact) mass is 437 g/mol. The number of carbonyl (C=O) groups is 1. The minimum atomic E-state index is -0.378. The third-order valence-electron chi connectivity index (χ3n) is 4.96. The van der Waals surface area contributed by atoms with Crippen molar-refractivity contribution in [3.63, 3.8) is 0 Å². The van der Waals surface area contributed by atoms with Crippen LogP contribution in [-0.2, 0) is 4.79 Å². The van der Waals surface area contributed by atoms with Crippen LogP contribution >= 0.6 is 11.8 Å². The Hall–Kier alpha value is -3.00. The maximum absolute atomic E-state index is 13.1. The Balaban J connectivity index is 1.67. The zero-order valence-corrected chi connectivity index (χ0v) is 18.7. The maximum atomic E-state index is 13.1. The van der Waals surface area contributed by atoms with E-state index >= 15 is 0 Å². The summed E-state index contributed by atoms with van der Waals surface area (Å²) in [5, 5.41) is 12.1. The number of ether oxygens (including phenoxy) is 1. The van der Waals surface area contributed by atoms with Crippen LogP contribution in [0.4, 0.5) is 0 Å². The molecule has 2 N–H and O–H groups in total. The molecule has 0 radical (unpaired) electrons. The number of fused-ring (bicyclic) bond motifs is 1. The topological polar surface area (TPSA) is 81.1 Å². The first-order valence-corrected chi connectivity index (χ1v) is 11.4. The van der Waals surface area contributed by atoms with Crippen molar-refractivity contribution in [2.75, 3.05) is 18.6 Å². The molecule has 3 aromatic rings. The van der Waals surface area contributed by atoms with Crippen molar-refractivity contribution < 1.29 is 9.53 Å². The minimum Gasteiger partial charge on any atom is -0.494 e. The molecule has 1 aromatic heterocycles. The summed E-state index contributed by atoms with van der Waals surface area (Å²) in [6, 6.07) is 17.5. The number of rotatable bonds is 7. The Morgan fingerprint density at radius 1 is 1.16 bits per heavy atom. The highest BCUT2D eigenvalue weighted by Crippen LogP contribution is 2.38. The van der Waals surface area contributed by atoms with Gasteiger partial charge in [-0.05, 0) is 30.5 Å². The lowest BCUT2D eigenvalue weighted by molar-refractivity contribution is -0.121. The van der Waals surface area contributed by atoms with Gasteiger partial charge in [-0.3, -0.25) is 4.79 Å². The number of hydrogen-bond acceptors (Lipinski definition) is 6. The van der Waals surface area contributed by atoms with Crippen LogP contribution in [0, 0.1) is 5.92 Å². The summed E-state index contributed by atoms with van der Waals surface area (Å²) in [6.07, 6.45) is 0. The first-order chi connectivity index (χ1) is 15.1. The number of thioether (sulfide) groups is 1. The number of hydrogen-bond donors (Lipinski definition) is 2. The molecule has 2 aromatic carbocycles. The van der Waals surface area contributed by atoms with Crippen LogP contribution in [0.2, 0.25) is 0 Å². The number of carbonyl (C=O) groups excluding carboxylic acids is 1. The Morgan fingerprint density at radius 3 is 2.58 bits per heavy atom. The normalized spacial score (nSPS) is 17.7. The van der Waals surface area contributed by atoms with Crippen LogP contribution in [0.25, 0.3) is 11.4 Å². The number of nitrogens with one attached hydrogen (secondary N) is 2. The van der Waals surface area contributed by atoms with E-state index < -0.39 is 0 Å². The van der Waals surface area contributed by atoms with Crippen LogP contribution in [0.3, 0.4) is 0 Å². The standard InChI is InChI=1S/C23H27N5O2S/c1-4-30-18-12-10-16(11-13-18)19-20(22(29)24-14-15(2)3)31-23-26-25-21(28(23)27-19)17-8-6-5-7-9-17/h5-13,15,19-20,27H,4,14H2,1-3H3,(H,24,29)/t19-,20-/m1/s1. The summed E-state index contributed by atoms with van der Waals surface area (Å²) in [6.45, 7) is 7.37. The second kappa shape index (κ2) is 9.43. The molecule has 7 nitrogen and oxygen atoms in total. The molecule has 8 heteroatoms. The van der Waals surface area contributed by atoms with Gasteiger partial charge in [0.2, 0.25) is 11.1 Å². The summed E-state index contributed by atoms with van der Waals surface area (Å²) in [5.41, 5.74) is 5.46. The lowest BCUT2D eigenvalue weighted by Crippen LogP contribution is -2.44. The van der Waals surface area contributed by atoms with E-state index in [1.807, 2.05) is 66.2 Å². The molecule has 1 aliphatic rings. The van der Waals surface area contributed by atoms with Gasteiger partial charge in [-0.2, -0.15) is 0 Å². The van der Waals surface area contributed by atoms with Crippen molar-refractivity contribution in [2.24, 2.45) is 5.92 Å². The second-order valence-corrected chi connectivity index (χ2v) is 8.90. The van der Waals surface area contributed by atoms with E-state index in [2.05, 4.69) is 34.8 Å². The molecular weight excluding hydrogens is 410 g/mol. The molecule has 162 valence electrons. The van der Waals surface area contributed by atoms with Crippen LogP contribution in [0.5, 0.6) is 5.75 Å². The summed E-state index contributed by atoms with van der Waals surface area (Å²) in [7, 11) is 0. The van der Waals surface area contributed by atoms with Crippen LogP contribution in [-0.4, -0.2) is 39.2 Å². The first-order valence-electron chi connectivity index (χ1n) is 10.5. The van der Waals surface area contributed by atoms with E-state index in [-0.39, 0.29) is 17.2 Å². The van der Waals surface area contributed by atoms with Crippen LogP contribution in [0.15, 0.2) is 59.8 Å². The van der Waals surface area contributed by atoms with E-state index in [4.69, 9.17) is 4.74 Å². The average Bonchev–Trinajstić information content (AvgIpc) is 3.21. The molecule has 0 saturated carbocycles. The van der Waals surface area contributed by atoms with E-state index in [0.29, 0.717) is 24.2 Å². The molecule has 0 unspecified atom stereocenters. The lowest BCUT2D eigenvalue weighted by atomic mass is 10.0. The number of benzene rings is 2. The highest BCUT2D eigenvalue weighted by Gasteiger charge is 2.38. The fraction of sp³-hybridized carbons (Fsp3) is 0.348. The molecule has 2 heterocycles. The summed E-state index contributed by atoms with van der Waals surface area (Å²) < 4.78 is 7.46. The smallest absolute Gasteiger partial charge is 0.236 e. The van der Waals surface area contributed by atoms with Gasteiger partial charge in [-0.25, -0.2) is 4.68 Å². The van der Waals surface area contributed by atoms with Gasteiger partial charge < -0.3 is 15.5 Å². The van der Waals surface area contributed by atoms with E-state index in [1.54, 1.807) is 0 Å². The van der Waals surface area contributed by atoms with Crippen molar-refractivity contribution >= 4 is 17.7 Å². The van der Waals surface area contributed by atoms with Gasteiger partial charge in [0.25, 0.3) is 0 Å². The zero-order chi connectivity index (χ0) is 21.8. The molecular formula is C23H27N5O2S. The van der Waals surface area contributed by atoms with Gasteiger partial charge in [0.05, 0.1) is 12.6 Å². The van der Waals surface area contributed by atoms with Crippen molar-refractivity contribution in [3.05, 3.63) is 60.2 Å². The third kappa shape index (κ3) is 4.69. The molecule has 1 aliphatic heterocycles. The molecule has 1 amide bonds. The molecule has 0 bridgehead atoms. The van der Waals surface area contributed by atoms with Crippen molar-refractivity contribution in [1.82, 2.24) is 20.2 Å². The molecule has 0 aliphatic carbocycles. The van der Waals surface area contributed by atoms with E-state index in [0.717, 1.165) is 22.7 Å². The van der Waals surface area contributed by atoms with Gasteiger partial charge in [-0.15, -0.1) is 10.2 Å². The predicted molar refractivity (Wildman–Crippen MR) is 123 cm³/mol. The van der Waals surface area contributed by atoms with Gasteiger partial charge in [0, 0.05) is 12.1 Å². The summed E-state index contributed by atoms with van der Waals surface area (Å²) in [4.78, 5) is 13.1. The quantitative estimate of drug-likeness (QED) is 0.584. The largest absolute Gasteiger partial charge is 0.494 e. The Morgan fingerprint density at radius 2 is 1.90 bits per heavy atom. The first kappa shape index (κ1) is 21.2. The Bertz CT molecular complexity index is 1020. The Kier molecular flexibility index (Phi) is 6.46. The van der Waals surface area contributed by atoms with Crippen molar-refractivity contribution in [2.45, 2.75) is 37.2 Å². The molecule has 31 heavy (non-hydrogen) atoms. The molecule has 2 atom stereocenters. The highest BCUT2D eigenvalue weighted by molar-refractivity contribution is 8.00. The fourth-order valence-electron chi connectivity index (χ4n) is 3.42. The predicted octanol–water partition coefficient (Wildman–Crippen LogP) is 3.88. The van der Waals surface area contributed by atoms with Crippen LogP contribution in [0.1, 0.15) is 32.4 Å². The highest BCUT2D eigenvalue weighted by atomic mass is 32.2. The number of amides is 1.